The Kier molecular flexibility index (Phi) is 6.37. The van der Waals surface area contributed by atoms with Gasteiger partial charge in [0.05, 0.1) is 18.5 Å². The van der Waals surface area contributed by atoms with Gasteiger partial charge in [0, 0.05) is 0 Å². The van der Waals surface area contributed by atoms with Gasteiger partial charge in [0.1, 0.15) is 16.7 Å². The zero-order valence-electron chi connectivity index (χ0n) is 17.5. The number of nitrogens with zero attached hydrogens (tertiary/aromatic N) is 4. The fourth-order valence-electron chi connectivity index (χ4n) is 3.13. The van der Waals surface area contributed by atoms with E-state index >= 15 is 0 Å². The number of nitrogens with one attached hydrogen (secondary N) is 1. The van der Waals surface area contributed by atoms with Crippen molar-refractivity contribution in [1.82, 2.24) is 20.2 Å². The highest BCUT2D eigenvalue weighted by Gasteiger charge is 2.26. The number of tetrazole rings is 1. The van der Waals surface area contributed by atoms with E-state index in [2.05, 4.69) is 20.8 Å². The van der Waals surface area contributed by atoms with Crippen LogP contribution < -0.4 is 10.1 Å². The van der Waals surface area contributed by atoms with E-state index in [0.29, 0.717) is 22.3 Å². The van der Waals surface area contributed by atoms with Gasteiger partial charge >= 0.3 is 0 Å². The fraction of sp³-hybridized carbons (Fsp3) is 0.130. The number of carbonyl (C=O) groups is 1. The predicted molar refractivity (Wildman–Crippen MR) is 122 cm³/mol. The SMILES string of the molecule is COc1ccc(C)cc1NC(=O)C(Sc1nnnn1-c1ccc(O)cc1)c1ccccc1. The summed E-state index contributed by atoms with van der Waals surface area (Å²) in [6.45, 7) is 1.95. The van der Waals surface area contributed by atoms with Crippen molar-refractivity contribution in [3.8, 4) is 17.2 Å². The number of phenolic OH excluding ortho intramolecular Hbond substituents is 1. The topological polar surface area (TPSA) is 102 Å². The lowest BCUT2D eigenvalue weighted by Gasteiger charge is -2.18. The highest BCUT2D eigenvalue weighted by atomic mass is 32.2. The number of anilines is 1. The number of benzene rings is 3. The van der Waals surface area contributed by atoms with Gasteiger partial charge in [-0.05, 0) is 64.9 Å². The number of phenols is 1. The molecule has 0 aliphatic heterocycles. The predicted octanol–water partition coefficient (Wildman–Crippen LogP) is 4.16. The molecule has 8 nitrogen and oxygen atoms in total. The van der Waals surface area contributed by atoms with Crippen LogP contribution >= 0.6 is 11.8 Å². The average Bonchev–Trinajstić information content (AvgIpc) is 3.27. The van der Waals surface area contributed by atoms with E-state index in [0.717, 1.165) is 11.1 Å². The van der Waals surface area contributed by atoms with Gasteiger partial charge in [0.15, 0.2) is 0 Å². The van der Waals surface area contributed by atoms with Crippen molar-refractivity contribution in [1.29, 1.82) is 0 Å². The van der Waals surface area contributed by atoms with E-state index in [1.165, 1.54) is 16.4 Å². The first kappa shape index (κ1) is 21.4. The van der Waals surface area contributed by atoms with E-state index in [1.54, 1.807) is 31.4 Å². The van der Waals surface area contributed by atoms with Crippen LogP contribution in [0.4, 0.5) is 5.69 Å². The second-order valence-electron chi connectivity index (χ2n) is 6.99. The number of ether oxygens (including phenoxy) is 1. The molecule has 1 unspecified atom stereocenters. The number of rotatable bonds is 7. The summed E-state index contributed by atoms with van der Waals surface area (Å²) < 4.78 is 6.93. The Morgan fingerprint density at radius 1 is 1.09 bits per heavy atom. The maximum Gasteiger partial charge on any atom is 0.242 e. The van der Waals surface area contributed by atoms with Crippen LogP contribution in [0.15, 0.2) is 78.0 Å². The number of aryl methyl sites for hydroxylation is 1. The van der Waals surface area contributed by atoms with E-state index < -0.39 is 5.25 Å². The molecule has 0 radical (unpaired) electrons. The molecule has 0 spiro atoms. The number of thioether (sulfide) groups is 1. The largest absolute Gasteiger partial charge is 0.508 e. The molecule has 0 aliphatic carbocycles. The maximum atomic E-state index is 13.4. The summed E-state index contributed by atoms with van der Waals surface area (Å²) in [6, 6.07) is 21.5. The minimum Gasteiger partial charge on any atom is -0.508 e. The molecule has 0 saturated carbocycles. The summed E-state index contributed by atoms with van der Waals surface area (Å²) >= 11 is 1.23. The van der Waals surface area contributed by atoms with Gasteiger partial charge in [0.2, 0.25) is 11.1 Å². The number of carbonyl (C=O) groups excluding carboxylic acids is 1. The Morgan fingerprint density at radius 2 is 1.84 bits per heavy atom. The summed E-state index contributed by atoms with van der Waals surface area (Å²) in [4.78, 5) is 13.4. The zero-order valence-corrected chi connectivity index (χ0v) is 18.3. The Morgan fingerprint density at radius 3 is 2.56 bits per heavy atom. The highest BCUT2D eigenvalue weighted by Crippen LogP contribution is 2.37. The normalized spacial score (nSPS) is 11.7. The van der Waals surface area contributed by atoms with E-state index in [9.17, 15) is 9.90 Å². The molecular formula is C23H21N5O3S. The van der Waals surface area contributed by atoms with Gasteiger partial charge < -0.3 is 15.2 Å². The Hall–Kier alpha value is -3.85. The van der Waals surface area contributed by atoms with Gasteiger partial charge in [-0.15, -0.1) is 5.10 Å². The molecular weight excluding hydrogens is 426 g/mol. The van der Waals surface area contributed by atoms with Crippen molar-refractivity contribution < 1.29 is 14.6 Å². The molecule has 4 rings (SSSR count). The molecule has 0 saturated heterocycles. The lowest BCUT2D eigenvalue weighted by Crippen LogP contribution is -2.20. The van der Waals surface area contributed by atoms with Crippen LogP contribution in [0.2, 0.25) is 0 Å². The first-order valence-corrected chi connectivity index (χ1v) is 10.7. The molecule has 1 atom stereocenters. The van der Waals surface area contributed by atoms with Crippen LogP contribution in [0.5, 0.6) is 11.5 Å². The van der Waals surface area contributed by atoms with Gasteiger partial charge in [-0.2, -0.15) is 4.68 Å². The van der Waals surface area contributed by atoms with E-state index in [1.807, 2.05) is 55.5 Å². The number of hydrogen-bond acceptors (Lipinski definition) is 7. The lowest BCUT2D eigenvalue weighted by atomic mass is 10.1. The second-order valence-corrected chi connectivity index (χ2v) is 8.06. The fourth-order valence-corrected chi connectivity index (χ4v) is 4.13. The molecule has 9 heteroatoms. The van der Waals surface area contributed by atoms with Crippen molar-refractivity contribution in [2.24, 2.45) is 0 Å². The second kappa shape index (κ2) is 9.52. The molecule has 1 aromatic heterocycles. The third kappa shape index (κ3) is 4.73. The number of methoxy groups -OCH3 is 1. The van der Waals surface area contributed by atoms with Crippen molar-refractivity contribution in [2.45, 2.75) is 17.3 Å². The number of aromatic hydroxyl groups is 1. The van der Waals surface area contributed by atoms with Crippen molar-refractivity contribution in [3.05, 3.63) is 83.9 Å². The minimum atomic E-state index is -0.622. The van der Waals surface area contributed by atoms with Crippen molar-refractivity contribution in [3.63, 3.8) is 0 Å². The van der Waals surface area contributed by atoms with Crippen LogP contribution in [0.3, 0.4) is 0 Å². The highest BCUT2D eigenvalue weighted by molar-refractivity contribution is 8.00. The maximum absolute atomic E-state index is 13.4. The zero-order chi connectivity index (χ0) is 22.5. The van der Waals surface area contributed by atoms with Gasteiger partial charge in [-0.1, -0.05) is 48.2 Å². The van der Waals surface area contributed by atoms with Crippen LogP contribution in [-0.4, -0.2) is 38.3 Å². The van der Waals surface area contributed by atoms with Gasteiger partial charge in [-0.3, -0.25) is 4.79 Å². The first-order chi connectivity index (χ1) is 15.5. The average molecular weight is 448 g/mol. The van der Waals surface area contributed by atoms with E-state index in [-0.39, 0.29) is 11.7 Å². The first-order valence-electron chi connectivity index (χ1n) is 9.80. The monoisotopic (exact) mass is 447 g/mol. The van der Waals surface area contributed by atoms with Gasteiger partial charge in [-0.25, -0.2) is 0 Å². The molecule has 2 N–H and O–H groups in total. The molecule has 3 aromatic carbocycles. The molecule has 0 aliphatic rings. The Balaban J connectivity index is 1.66. The molecule has 32 heavy (non-hydrogen) atoms. The van der Waals surface area contributed by atoms with Crippen molar-refractivity contribution in [2.75, 3.05) is 12.4 Å². The third-order valence-corrected chi connectivity index (χ3v) is 5.90. The summed E-state index contributed by atoms with van der Waals surface area (Å²) in [7, 11) is 1.57. The van der Waals surface area contributed by atoms with Gasteiger partial charge in [0.25, 0.3) is 0 Å². The molecule has 4 aromatic rings. The molecule has 162 valence electrons. The Bertz CT molecular complexity index is 1210. The summed E-state index contributed by atoms with van der Waals surface area (Å²) in [5.41, 5.74) is 3.07. The third-order valence-electron chi connectivity index (χ3n) is 4.71. The quantitative estimate of drug-likeness (QED) is 0.410. The molecule has 1 amide bonds. The minimum absolute atomic E-state index is 0.143. The number of hydrogen-bond donors (Lipinski definition) is 2. The summed E-state index contributed by atoms with van der Waals surface area (Å²) in [5, 5.41) is 24.3. The summed E-state index contributed by atoms with van der Waals surface area (Å²) in [6.07, 6.45) is 0. The summed E-state index contributed by atoms with van der Waals surface area (Å²) in [5.74, 6) is 0.490. The van der Waals surface area contributed by atoms with Crippen LogP contribution in [0.25, 0.3) is 5.69 Å². The van der Waals surface area contributed by atoms with Crippen LogP contribution in [0, 0.1) is 6.92 Å². The van der Waals surface area contributed by atoms with Crippen LogP contribution in [0.1, 0.15) is 16.4 Å². The van der Waals surface area contributed by atoms with E-state index in [4.69, 9.17) is 4.74 Å². The standard InChI is InChI=1S/C23H21N5O3S/c1-15-8-13-20(31-2)19(14-15)24-22(30)21(16-6-4-3-5-7-16)32-23-25-26-27-28(23)17-9-11-18(29)12-10-17/h3-14,21,29H,1-2H3,(H,24,30). The molecule has 1 heterocycles. The molecule has 0 fully saturated rings. The molecule has 0 bridgehead atoms. The lowest BCUT2D eigenvalue weighted by molar-refractivity contribution is -0.115. The smallest absolute Gasteiger partial charge is 0.242 e. The van der Waals surface area contributed by atoms with Crippen LogP contribution in [-0.2, 0) is 4.79 Å². The van der Waals surface area contributed by atoms with Crippen molar-refractivity contribution >= 4 is 23.4 Å². The number of aromatic nitrogens is 4. The Labute approximate surface area is 189 Å². The number of amides is 1.